The maximum absolute atomic E-state index is 11.9. The van der Waals surface area contributed by atoms with Gasteiger partial charge in [0.15, 0.2) is 0 Å². The van der Waals surface area contributed by atoms with Gasteiger partial charge >= 0.3 is 0 Å². The van der Waals surface area contributed by atoms with Gasteiger partial charge in [-0.2, -0.15) is 0 Å². The van der Waals surface area contributed by atoms with Crippen LogP contribution in [-0.4, -0.2) is 261 Å². The van der Waals surface area contributed by atoms with Crippen molar-refractivity contribution in [1.29, 1.82) is 0 Å². The Morgan fingerprint density at radius 1 is 0.458 bits per heavy atom. The van der Waals surface area contributed by atoms with E-state index in [0.29, 0.717) is 51.6 Å². The van der Waals surface area contributed by atoms with Gasteiger partial charge in [0.25, 0.3) is 0 Å². The van der Waals surface area contributed by atoms with E-state index in [2.05, 4.69) is 79.8 Å². The number of aliphatic hydroxyl groups is 12. The van der Waals surface area contributed by atoms with Crippen molar-refractivity contribution in [3.63, 3.8) is 0 Å². The maximum Gasteiger partial charge on any atom is 0.248 e. The fourth-order valence-corrected chi connectivity index (χ4v) is 19.8. The second-order valence-electron chi connectivity index (χ2n) is 32.5. The highest BCUT2D eigenvalue weighted by atomic mass is 16.8. The molecular formula is C80H119N5O22. The van der Waals surface area contributed by atoms with Crippen LogP contribution in [-0.2, 0) is 82.4 Å². The highest BCUT2D eigenvalue weighted by Crippen LogP contribution is 2.53. The van der Waals surface area contributed by atoms with Crippen LogP contribution in [0, 0.1) is 17.8 Å². The molecule has 596 valence electrons. The minimum Gasteiger partial charge on any atom is -0.493 e. The summed E-state index contributed by atoms with van der Waals surface area (Å²) in [7, 11) is 9.13. The number of aryl methyl sites for hydroxylation is 5. The normalized spacial score (nSPS) is 43.4. The molecule has 0 spiro atoms. The number of nitrogens with one attached hydrogen (secondary N) is 3. The number of likely N-dealkylation sites (N-methyl/N-ethyl adjacent to an activating group) is 3. The lowest BCUT2D eigenvalue weighted by molar-refractivity contribution is -0.485. The minimum absolute atomic E-state index is 0.168. The van der Waals surface area contributed by atoms with Gasteiger partial charge < -0.3 is 134 Å². The molecule has 27 heteroatoms. The van der Waals surface area contributed by atoms with Crippen LogP contribution < -0.4 is 20.7 Å². The van der Waals surface area contributed by atoms with E-state index < -0.39 is 162 Å². The van der Waals surface area contributed by atoms with Crippen LogP contribution in [0.4, 0.5) is 0 Å². The van der Waals surface area contributed by atoms with Crippen LogP contribution in [0.1, 0.15) is 141 Å². The number of fused-ring (bicyclic) bond motifs is 9. The molecule has 3 saturated carbocycles. The first kappa shape index (κ1) is 80.6. The van der Waals surface area contributed by atoms with Gasteiger partial charge in [0, 0.05) is 86.3 Å². The van der Waals surface area contributed by atoms with Gasteiger partial charge in [0.1, 0.15) is 59.2 Å². The summed E-state index contributed by atoms with van der Waals surface area (Å²) in [5.41, 5.74) is 2.05. The van der Waals surface area contributed by atoms with Gasteiger partial charge in [0.05, 0.1) is 79.7 Å². The fourth-order valence-electron chi connectivity index (χ4n) is 19.8. The highest BCUT2D eigenvalue weighted by molar-refractivity contribution is 5.84. The van der Waals surface area contributed by atoms with Crippen molar-refractivity contribution >= 4 is 21.8 Å². The lowest BCUT2D eigenvalue weighted by Crippen LogP contribution is -2.78. The van der Waals surface area contributed by atoms with Crippen LogP contribution in [0.25, 0.3) is 21.8 Å². The first-order chi connectivity index (χ1) is 50.9. The van der Waals surface area contributed by atoms with Gasteiger partial charge in [0.2, 0.25) is 36.2 Å². The topological polar surface area (TPSA) is 381 Å². The number of benzene rings is 3. The molecule has 9 fully saturated rings. The van der Waals surface area contributed by atoms with Crippen LogP contribution in [0.5, 0.6) is 5.75 Å². The molecule has 27 nitrogen and oxygen atoms in total. The first-order valence-electron chi connectivity index (χ1n) is 39.2. The Hall–Kier alpha value is -4.42. The molecule has 107 heavy (non-hydrogen) atoms. The number of rotatable bonds is 18. The zero-order valence-corrected chi connectivity index (χ0v) is 63.7. The van der Waals surface area contributed by atoms with Gasteiger partial charge in [-0.1, -0.05) is 63.2 Å². The molecule has 9 unspecified atom stereocenters. The monoisotopic (exact) mass is 1500 g/mol. The Morgan fingerprint density at radius 2 is 0.869 bits per heavy atom. The maximum atomic E-state index is 11.9. The van der Waals surface area contributed by atoms with Crippen molar-refractivity contribution in [2.24, 2.45) is 31.8 Å². The van der Waals surface area contributed by atoms with Crippen LogP contribution >= 0.6 is 0 Å². The second kappa shape index (κ2) is 31.9. The number of para-hydroxylation sites is 1. The van der Waals surface area contributed by atoms with Crippen molar-refractivity contribution < 1.29 is 109 Å². The van der Waals surface area contributed by atoms with Gasteiger partial charge in [-0.3, -0.25) is 0 Å². The Balaban J connectivity index is 0.000000142. The number of aliphatic hydroxyl groups excluding tert-OH is 6. The zero-order valence-electron chi connectivity index (χ0n) is 63.7. The third-order valence-electron chi connectivity index (χ3n) is 25.7. The molecule has 0 radical (unpaired) electrons. The van der Waals surface area contributed by atoms with Crippen molar-refractivity contribution in [2.45, 2.75) is 307 Å². The highest BCUT2D eigenvalue weighted by Gasteiger charge is 2.72. The molecule has 6 saturated heterocycles. The molecule has 30 atom stereocenters. The number of ether oxygens (including phenoxy) is 10. The molecule has 0 amide bonds. The Labute approximate surface area is 626 Å². The molecule has 9 heterocycles. The Morgan fingerprint density at radius 3 is 1.30 bits per heavy atom. The number of hydrogen-bond donors (Lipinski definition) is 15. The molecule has 3 aromatic carbocycles. The summed E-state index contributed by atoms with van der Waals surface area (Å²) < 4.78 is 64.7. The van der Waals surface area contributed by atoms with E-state index in [1.807, 2.05) is 80.0 Å². The van der Waals surface area contributed by atoms with Crippen molar-refractivity contribution in [3.8, 4) is 5.75 Å². The molecule has 2 aromatic heterocycles. The van der Waals surface area contributed by atoms with E-state index in [-0.39, 0.29) is 56.8 Å². The molecule has 15 rings (SSSR count). The summed E-state index contributed by atoms with van der Waals surface area (Å²) in [4.78, 5) is 0. The van der Waals surface area contributed by atoms with E-state index in [0.717, 1.165) is 47.2 Å². The predicted octanol–water partition coefficient (Wildman–Crippen LogP) is 3.01. The van der Waals surface area contributed by atoms with Gasteiger partial charge in [-0.05, 0) is 171 Å². The molecule has 3 aliphatic carbocycles. The predicted molar refractivity (Wildman–Crippen MR) is 392 cm³/mol. The van der Waals surface area contributed by atoms with Crippen LogP contribution in [0.15, 0.2) is 79.1 Å². The van der Waals surface area contributed by atoms with Crippen LogP contribution in [0.2, 0.25) is 0 Å². The molecule has 5 aromatic rings. The summed E-state index contributed by atoms with van der Waals surface area (Å²) in [6, 6.07) is 21.1. The van der Waals surface area contributed by atoms with Gasteiger partial charge in [-0.15, -0.1) is 0 Å². The average Bonchev–Trinajstić information content (AvgIpc) is 1.08. The summed E-state index contributed by atoms with van der Waals surface area (Å²) in [5, 5.41) is 148. The standard InChI is InChI=1S/2C27H40N2O7.C26H39NO8/c1-5-18-21(30)20(28-3)23-24(22(18)31)35-25-27(33,36-23)26(32,14-15(2)34-25)11-6-7-16-8-9-17-10-12-29(4)19(17)13-16;1-5-17-21(30)20(28-3)23-24(22(17)31)35-25-27(33,36-23)26(32,13-15(2)34-25)12-8-9-16-14-29(4)19-11-7-6-10-18(16)19;1-4-17-20(28)19(27-3)22-23(21(17)29)34-24-26(31,35-22)25(30,13-14(2)33-24)10-5-6-15-7-8-16-9-11-32-18(16)12-15/h8-10,12-13,15,18,20-25,28,30-33H,5-7,11,14H2,1-4H3;6-7,10-11,14-15,17,20-25,28,30-33H,5,8-9,12-13H2,1-4H3;7-8,12,14,17,19-24,27-31H,4-6,9-11,13H2,1-3H3/t15-,18-,20+,21+,22+,23?,24?,25?,26+,27-;15-,17-,20+,21+,22+,23?,24?,25?,26+,27-;14-,17-,19+,20+,21+,22?,23?,24?,25+,26-/m111/s1. The first-order valence-corrected chi connectivity index (χ1v) is 39.2. The summed E-state index contributed by atoms with van der Waals surface area (Å²) >= 11 is 0. The van der Waals surface area contributed by atoms with E-state index in [4.69, 9.17) is 47.4 Å². The van der Waals surface area contributed by atoms with E-state index in [1.165, 1.54) is 21.9 Å². The largest absolute Gasteiger partial charge is 0.493 e. The third-order valence-corrected chi connectivity index (χ3v) is 25.7. The van der Waals surface area contributed by atoms with E-state index in [1.54, 1.807) is 21.1 Å². The number of nitrogens with zero attached hydrogens (tertiary/aromatic N) is 2. The Kier molecular flexibility index (Phi) is 24.0. The zero-order chi connectivity index (χ0) is 76.6. The van der Waals surface area contributed by atoms with Crippen LogP contribution in [0.3, 0.4) is 0 Å². The van der Waals surface area contributed by atoms with Crippen molar-refractivity contribution in [3.05, 3.63) is 101 Å². The van der Waals surface area contributed by atoms with E-state index in [9.17, 15) is 61.3 Å². The number of aromatic nitrogens is 2. The fraction of sp³-hybridized carbons (Fsp3) is 0.725. The third kappa shape index (κ3) is 14.5. The smallest absolute Gasteiger partial charge is 0.248 e. The van der Waals surface area contributed by atoms with Gasteiger partial charge in [-0.25, -0.2) is 0 Å². The minimum atomic E-state index is -2.15. The number of hydrogen-bond acceptors (Lipinski definition) is 25. The molecule has 15 N–H and O–H groups in total. The molecule has 0 bridgehead atoms. The summed E-state index contributed by atoms with van der Waals surface area (Å²) in [6.45, 7) is 11.9. The Bertz CT molecular complexity index is 3830. The lowest BCUT2D eigenvalue weighted by atomic mass is 9.73. The van der Waals surface area contributed by atoms with Crippen molar-refractivity contribution in [2.75, 3.05) is 27.7 Å². The molecule has 7 aliphatic heterocycles. The molecule has 10 aliphatic rings. The lowest BCUT2D eigenvalue weighted by Gasteiger charge is -2.60. The second-order valence-corrected chi connectivity index (χ2v) is 32.5. The average molecular weight is 1500 g/mol. The summed E-state index contributed by atoms with van der Waals surface area (Å²) in [6.07, 6.45) is -3.63. The summed E-state index contributed by atoms with van der Waals surface area (Å²) in [5.74, 6) is -6.76. The quantitative estimate of drug-likeness (QED) is 0.0599. The SMILES string of the molecule is CC[C@@H]1[C@H](O)[C@H](NC)C2O[C@]3(O)C(OC2[C@H]1O)O[C@H](C)C[C@@]3(O)CCCc1ccc2c(c1)OCC2.CC[C@@H]1[C@H](O)[C@H](NC)C2O[C@]3(O)C(OC2[C@H]1O)O[C@H](C)C[C@@]3(O)CCCc1ccc2ccn(C)c2c1.CC[C@@H]1[C@H](O)[C@H](NC)C2O[C@]3(O)C(OC2[C@H]1O)O[C@H](C)C[C@@]3(O)CCCc1cn(C)c2ccccc12. The van der Waals surface area contributed by atoms with E-state index >= 15 is 0 Å². The van der Waals surface area contributed by atoms with Crippen molar-refractivity contribution in [1.82, 2.24) is 25.1 Å². The molecular weight excluding hydrogens is 1380 g/mol.